The Balaban J connectivity index is 1.77. The molecule has 0 spiro atoms. The average Bonchev–Trinajstić information content (AvgIpc) is 3.00. The van der Waals surface area contributed by atoms with E-state index in [-0.39, 0.29) is 10.5 Å². The van der Waals surface area contributed by atoms with Crippen molar-refractivity contribution in [3.05, 3.63) is 65.2 Å². The Morgan fingerprint density at radius 1 is 1.00 bits per heavy atom. The lowest BCUT2D eigenvalue weighted by molar-refractivity contribution is 0.0939. The maximum absolute atomic E-state index is 13.4. The van der Waals surface area contributed by atoms with Gasteiger partial charge in [0.25, 0.3) is 5.91 Å². The van der Waals surface area contributed by atoms with Crippen LogP contribution in [-0.4, -0.2) is 31.7 Å². The highest BCUT2D eigenvalue weighted by Gasteiger charge is 2.26. The second-order valence-corrected chi connectivity index (χ2v) is 9.15. The minimum atomic E-state index is -3.67. The fourth-order valence-corrected chi connectivity index (χ4v) is 4.94. The monoisotopic (exact) mass is 422 g/mol. The molecular weight excluding hydrogens is 398 g/mol. The first kappa shape index (κ1) is 21.4. The second-order valence-electron chi connectivity index (χ2n) is 7.21. The fraction of sp³-hybridized carbons (Fsp3) is 0.381. The number of hydrogen-bond donors (Lipinski definition) is 1. The molecule has 1 unspecified atom stereocenters. The number of carbonyl (C=O) groups is 1. The van der Waals surface area contributed by atoms with Crippen LogP contribution in [0.1, 0.15) is 54.6 Å². The Kier molecular flexibility index (Phi) is 6.64. The van der Waals surface area contributed by atoms with Gasteiger partial charge in [0, 0.05) is 18.7 Å². The molecule has 0 aromatic heterocycles. The van der Waals surface area contributed by atoms with Crippen molar-refractivity contribution < 1.29 is 22.0 Å². The van der Waals surface area contributed by atoms with Crippen molar-refractivity contribution in [3.63, 3.8) is 0 Å². The van der Waals surface area contributed by atoms with Crippen LogP contribution < -0.4 is 5.32 Å². The van der Waals surface area contributed by atoms with Crippen molar-refractivity contribution in [3.8, 4) is 0 Å². The number of rotatable bonds is 5. The predicted molar refractivity (Wildman–Crippen MR) is 106 cm³/mol. The summed E-state index contributed by atoms with van der Waals surface area (Å²) in [5.74, 6) is -2.44. The maximum atomic E-state index is 13.4. The van der Waals surface area contributed by atoms with Crippen LogP contribution >= 0.6 is 0 Å². The summed E-state index contributed by atoms with van der Waals surface area (Å²) in [4.78, 5) is 12.7. The zero-order valence-electron chi connectivity index (χ0n) is 16.2. The van der Waals surface area contributed by atoms with Crippen molar-refractivity contribution in [2.75, 3.05) is 13.1 Å². The molecule has 5 nitrogen and oxygen atoms in total. The summed E-state index contributed by atoms with van der Waals surface area (Å²) >= 11 is 0. The summed E-state index contributed by atoms with van der Waals surface area (Å²) < 4.78 is 53.9. The molecule has 1 atom stereocenters. The third kappa shape index (κ3) is 5.00. The largest absolute Gasteiger partial charge is 0.346 e. The zero-order chi connectivity index (χ0) is 21.0. The van der Waals surface area contributed by atoms with E-state index in [4.69, 9.17) is 0 Å². The molecule has 156 valence electrons. The third-order valence-corrected chi connectivity index (χ3v) is 6.98. The van der Waals surface area contributed by atoms with Crippen molar-refractivity contribution >= 4 is 15.9 Å². The SMILES string of the molecule is CC(NC(=O)c1cccc(S(=O)(=O)N2CCCCCC2)c1)c1ccc(F)c(F)c1. The molecule has 0 bridgehead atoms. The van der Waals surface area contributed by atoms with E-state index in [9.17, 15) is 22.0 Å². The van der Waals surface area contributed by atoms with Crippen molar-refractivity contribution in [1.29, 1.82) is 0 Å². The standard InChI is InChI=1S/C21H24F2N2O3S/c1-15(16-9-10-19(22)20(23)14-16)24-21(26)17-7-6-8-18(13-17)29(27,28)25-11-4-2-3-5-12-25/h6-10,13-15H,2-5,11-12H2,1H3,(H,24,26). The molecule has 1 N–H and O–H groups in total. The van der Waals surface area contributed by atoms with E-state index in [0.717, 1.165) is 37.8 Å². The first-order valence-corrected chi connectivity index (χ1v) is 11.1. The number of nitrogens with zero attached hydrogens (tertiary/aromatic N) is 1. The molecule has 1 amide bonds. The van der Waals surface area contributed by atoms with Gasteiger partial charge in [-0.3, -0.25) is 4.79 Å². The lowest BCUT2D eigenvalue weighted by atomic mass is 10.1. The first-order chi connectivity index (χ1) is 13.8. The highest BCUT2D eigenvalue weighted by atomic mass is 32.2. The molecule has 1 aliphatic rings. The van der Waals surface area contributed by atoms with E-state index < -0.39 is 33.6 Å². The highest BCUT2D eigenvalue weighted by Crippen LogP contribution is 2.22. The highest BCUT2D eigenvalue weighted by molar-refractivity contribution is 7.89. The molecule has 3 rings (SSSR count). The smallest absolute Gasteiger partial charge is 0.251 e. The minimum Gasteiger partial charge on any atom is -0.346 e. The van der Waals surface area contributed by atoms with Gasteiger partial charge in [-0.15, -0.1) is 0 Å². The third-order valence-electron chi connectivity index (χ3n) is 5.09. The molecule has 8 heteroatoms. The molecular formula is C21H24F2N2O3S. The van der Waals surface area contributed by atoms with Crippen LogP contribution in [0.25, 0.3) is 0 Å². The zero-order valence-corrected chi connectivity index (χ0v) is 17.0. The molecule has 0 saturated carbocycles. The molecule has 0 aliphatic carbocycles. The Morgan fingerprint density at radius 2 is 1.69 bits per heavy atom. The van der Waals surface area contributed by atoms with Crippen LogP contribution in [-0.2, 0) is 10.0 Å². The van der Waals surface area contributed by atoms with Gasteiger partial charge in [-0.05, 0) is 55.7 Å². The molecule has 1 fully saturated rings. The van der Waals surface area contributed by atoms with Crippen molar-refractivity contribution in [1.82, 2.24) is 9.62 Å². The second kappa shape index (κ2) is 9.00. The van der Waals surface area contributed by atoms with Gasteiger partial charge in [0.05, 0.1) is 10.9 Å². The average molecular weight is 422 g/mol. The van der Waals surface area contributed by atoms with Gasteiger partial charge in [-0.1, -0.05) is 25.0 Å². The van der Waals surface area contributed by atoms with Gasteiger partial charge < -0.3 is 5.32 Å². The lowest BCUT2D eigenvalue weighted by Crippen LogP contribution is -2.32. The minimum absolute atomic E-state index is 0.0764. The quantitative estimate of drug-likeness (QED) is 0.792. The summed E-state index contributed by atoms with van der Waals surface area (Å²) in [5.41, 5.74) is 0.598. The number of halogens is 2. The molecule has 1 saturated heterocycles. The van der Waals surface area contributed by atoms with E-state index in [0.29, 0.717) is 18.7 Å². The van der Waals surface area contributed by atoms with Crippen LogP contribution in [0.15, 0.2) is 47.4 Å². The van der Waals surface area contributed by atoms with Crippen LogP contribution in [0.4, 0.5) is 8.78 Å². The number of benzene rings is 2. The van der Waals surface area contributed by atoms with E-state index >= 15 is 0 Å². The van der Waals surface area contributed by atoms with Gasteiger partial charge >= 0.3 is 0 Å². The van der Waals surface area contributed by atoms with Gasteiger partial charge in [0.15, 0.2) is 11.6 Å². The summed E-state index contributed by atoms with van der Waals surface area (Å²) in [6.07, 6.45) is 3.67. The van der Waals surface area contributed by atoms with Crippen LogP contribution in [0.3, 0.4) is 0 Å². The number of nitrogens with one attached hydrogen (secondary N) is 1. The molecule has 2 aromatic rings. The predicted octanol–water partition coefficient (Wildman–Crippen LogP) is 4.02. The van der Waals surface area contributed by atoms with E-state index in [1.165, 1.54) is 34.6 Å². The Morgan fingerprint density at radius 3 is 2.34 bits per heavy atom. The van der Waals surface area contributed by atoms with E-state index in [1.54, 1.807) is 6.92 Å². The number of hydrogen-bond acceptors (Lipinski definition) is 3. The molecule has 1 heterocycles. The topological polar surface area (TPSA) is 66.5 Å². The van der Waals surface area contributed by atoms with Crippen LogP contribution in [0.2, 0.25) is 0 Å². The summed E-state index contributed by atoms with van der Waals surface area (Å²) in [7, 11) is -3.67. The number of carbonyl (C=O) groups excluding carboxylic acids is 1. The fourth-order valence-electron chi connectivity index (χ4n) is 3.37. The normalized spacial score (nSPS) is 16.8. The Hall–Kier alpha value is -2.32. The number of amides is 1. The van der Waals surface area contributed by atoms with Gasteiger partial charge in [0.1, 0.15) is 0 Å². The van der Waals surface area contributed by atoms with E-state index in [1.807, 2.05) is 0 Å². The molecule has 29 heavy (non-hydrogen) atoms. The van der Waals surface area contributed by atoms with Crippen molar-refractivity contribution in [2.24, 2.45) is 0 Å². The van der Waals surface area contributed by atoms with Crippen LogP contribution in [0.5, 0.6) is 0 Å². The Bertz CT molecular complexity index is 987. The summed E-state index contributed by atoms with van der Waals surface area (Å²) in [6.45, 7) is 2.60. The van der Waals surface area contributed by atoms with Gasteiger partial charge in [-0.2, -0.15) is 4.31 Å². The van der Waals surface area contributed by atoms with Gasteiger partial charge in [0.2, 0.25) is 10.0 Å². The van der Waals surface area contributed by atoms with Crippen LogP contribution in [0, 0.1) is 11.6 Å². The first-order valence-electron chi connectivity index (χ1n) is 9.65. The summed E-state index contributed by atoms with van der Waals surface area (Å²) in [5, 5.41) is 2.69. The van der Waals surface area contributed by atoms with Crippen molar-refractivity contribution in [2.45, 2.75) is 43.5 Å². The summed E-state index contributed by atoms with van der Waals surface area (Å²) in [6, 6.07) is 8.73. The molecule has 2 aromatic carbocycles. The number of sulfonamides is 1. The lowest BCUT2D eigenvalue weighted by Gasteiger charge is -2.20. The Labute approximate surface area is 169 Å². The molecule has 0 radical (unpaired) electrons. The van der Waals surface area contributed by atoms with Gasteiger partial charge in [-0.25, -0.2) is 17.2 Å². The van der Waals surface area contributed by atoms with E-state index in [2.05, 4.69) is 5.32 Å². The molecule has 1 aliphatic heterocycles. The maximum Gasteiger partial charge on any atom is 0.251 e.